The van der Waals surface area contributed by atoms with Crippen molar-refractivity contribution in [2.24, 2.45) is 0 Å². The molecule has 5 heteroatoms. The molecule has 0 aromatic heterocycles. The molecule has 0 spiro atoms. The Hall–Kier alpha value is -0.350. The fourth-order valence-corrected chi connectivity index (χ4v) is 2.29. The largest absolute Gasteiger partial charge is 0.396 e. The lowest BCUT2D eigenvalue weighted by Gasteiger charge is -2.20. The monoisotopic (exact) mass is 279 g/mol. The minimum Gasteiger partial charge on any atom is -0.396 e. The van der Waals surface area contributed by atoms with Crippen molar-refractivity contribution >= 4 is 23.2 Å². The molecular formula is C12H16Cl2FNO. The van der Waals surface area contributed by atoms with E-state index in [1.807, 2.05) is 6.92 Å². The average Bonchev–Trinajstić information content (AvgIpc) is 2.31. The SMILES string of the molecule is CCCNC(CCO)c1c(Cl)ccc(F)c1Cl. The summed E-state index contributed by atoms with van der Waals surface area (Å²) in [4.78, 5) is 0. The zero-order chi connectivity index (χ0) is 12.8. The molecular weight excluding hydrogens is 264 g/mol. The number of aliphatic hydroxyl groups excluding tert-OH is 1. The summed E-state index contributed by atoms with van der Waals surface area (Å²) < 4.78 is 13.4. The van der Waals surface area contributed by atoms with Gasteiger partial charge in [-0.3, -0.25) is 0 Å². The molecule has 0 heterocycles. The minimum absolute atomic E-state index is 0.00937. The summed E-state index contributed by atoms with van der Waals surface area (Å²) in [7, 11) is 0. The molecule has 1 atom stereocenters. The molecule has 0 aliphatic heterocycles. The van der Waals surface area contributed by atoms with Crippen LogP contribution in [-0.2, 0) is 0 Å². The topological polar surface area (TPSA) is 32.3 Å². The maximum absolute atomic E-state index is 13.4. The number of rotatable bonds is 6. The van der Waals surface area contributed by atoms with Crippen molar-refractivity contribution in [3.8, 4) is 0 Å². The van der Waals surface area contributed by atoms with Crippen LogP contribution in [0.5, 0.6) is 0 Å². The second kappa shape index (κ2) is 7.17. The predicted octanol–water partition coefficient (Wildman–Crippen LogP) is 3.56. The van der Waals surface area contributed by atoms with Crippen LogP contribution < -0.4 is 5.32 Å². The zero-order valence-electron chi connectivity index (χ0n) is 9.64. The van der Waals surface area contributed by atoms with Gasteiger partial charge in [-0.1, -0.05) is 30.1 Å². The first-order valence-electron chi connectivity index (χ1n) is 5.59. The Balaban J connectivity index is 3.03. The van der Waals surface area contributed by atoms with Crippen LogP contribution in [-0.4, -0.2) is 18.3 Å². The molecule has 1 aromatic carbocycles. The molecule has 17 heavy (non-hydrogen) atoms. The van der Waals surface area contributed by atoms with Gasteiger partial charge in [0.1, 0.15) is 5.82 Å². The lowest BCUT2D eigenvalue weighted by atomic mass is 10.0. The Morgan fingerprint density at radius 3 is 2.71 bits per heavy atom. The molecule has 0 radical (unpaired) electrons. The third-order valence-corrected chi connectivity index (χ3v) is 3.20. The summed E-state index contributed by atoms with van der Waals surface area (Å²) in [5.41, 5.74) is 0.524. The molecule has 96 valence electrons. The summed E-state index contributed by atoms with van der Waals surface area (Å²) >= 11 is 12.0. The summed E-state index contributed by atoms with van der Waals surface area (Å²) in [6.07, 6.45) is 1.38. The molecule has 0 bridgehead atoms. The fourth-order valence-electron chi connectivity index (χ4n) is 1.66. The van der Waals surface area contributed by atoms with Crippen molar-refractivity contribution in [1.29, 1.82) is 0 Å². The van der Waals surface area contributed by atoms with Gasteiger partial charge < -0.3 is 10.4 Å². The normalized spacial score (nSPS) is 12.8. The number of benzene rings is 1. The molecule has 0 aliphatic rings. The van der Waals surface area contributed by atoms with Gasteiger partial charge >= 0.3 is 0 Å². The molecule has 1 unspecified atom stereocenters. The van der Waals surface area contributed by atoms with Crippen LogP contribution in [0.3, 0.4) is 0 Å². The molecule has 2 nitrogen and oxygen atoms in total. The van der Waals surface area contributed by atoms with Gasteiger partial charge in [0.2, 0.25) is 0 Å². The average molecular weight is 280 g/mol. The summed E-state index contributed by atoms with van der Waals surface area (Å²) in [5, 5.41) is 12.7. The third-order valence-electron chi connectivity index (χ3n) is 2.49. The highest BCUT2D eigenvalue weighted by atomic mass is 35.5. The van der Waals surface area contributed by atoms with Crippen molar-refractivity contribution in [2.45, 2.75) is 25.8 Å². The minimum atomic E-state index is -0.493. The molecule has 0 fully saturated rings. The number of nitrogens with one attached hydrogen (secondary N) is 1. The number of halogens is 3. The van der Waals surface area contributed by atoms with Gasteiger partial charge in [0.25, 0.3) is 0 Å². The first-order chi connectivity index (χ1) is 8.11. The molecule has 1 aromatic rings. The summed E-state index contributed by atoms with van der Waals surface area (Å²) in [5.74, 6) is -0.493. The van der Waals surface area contributed by atoms with Gasteiger partial charge in [0, 0.05) is 23.2 Å². The lowest BCUT2D eigenvalue weighted by Crippen LogP contribution is -2.24. The first-order valence-corrected chi connectivity index (χ1v) is 6.35. The van der Waals surface area contributed by atoms with Gasteiger partial charge in [-0.15, -0.1) is 0 Å². The van der Waals surface area contributed by atoms with Crippen molar-refractivity contribution < 1.29 is 9.50 Å². The van der Waals surface area contributed by atoms with E-state index >= 15 is 0 Å². The van der Waals surface area contributed by atoms with Crippen LogP contribution in [0.25, 0.3) is 0 Å². The van der Waals surface area contributed by atoms with Crippen LogP contribution in [0.2, 0.25) is 10.0 Å². The Morgan fingerprint density at radius 1 is 1.41 bits per heavy atom. The lowest BCUT2D eigenvalue weighted by molar-refractivity contribution is 0.265. The highest BCUT2D eigenvalue weighted by Crippen LogP contribution is 2.33. The highest BCUT2D eigenvalue weighted by molar-refractivity contribution is 6.36. The van der Waals surface area contributed by atoms with Crippen molar-refractivity contribution in [1.82, 2.24) is 5.32 Å². The Kier molecular flexibility index (Phi) is 6.20. The second-order valence-corrected chi connectivity index (χ2v) is 4.56. The van der Waals surface area contributed by atoms with E-state index in [2.05, 4.69) is 5.32 Å². The van der Waals surface area contributed by atoms with Crippen molar-refractivity contribution in [3.05, 3.63) is 33.6 Å². The van der Waals surface area contributed by atoms with E-state index < -0.39 is 5.82 Å². The van der Waals surface area contributed by atoms with Crippen LogP contribution in [0.15, 0.2) is 12.1 Å². The van der Waals surface area contributed by atoms with E-state index in [4.69, 9.17) is 28.3 Å². The molecule has 0 saturated carbocycles. The van der Waals surface area contributed by atoms with Gasteiger partial charge in [-0.25, -0.2) is 4.39 Å². The molecule has 0 amide bonds. The van der Waals surface area contributed by atoms with Crippen LogP contribution >= 0.6 is 23.2 Å². The van der Waals surface area contributed by atoms with E-state index in [1.54, 1.807) is 0 Å². The molecule has 2 N–H and O–H groups in total. The Bertz CT molecular complexity index is 374. The van der Waals surface area contributed by atoms with Crippen LogP contribution in [0.1, 0.15) is 31.4 Å². The fraction of sp³-hybridized carbons (Fsp3) is 0.500. The van der Waals surface area contributed by atoms with E-state index in [0.29, 0.717) is 17.0 Å². The summed E-state index contributed by atoms with van der Waals surface area (Å²) in [6, 6.07) is 2.50. The molecule has 0 aliphatic carbocycles. The van der Waals surface area contributed by atoms with Crippen molar-refractivity contribution in [2.75, 3.05) is 13.2 Å². The molecule has 1 rings (SSSR count). The predicted molar refractivity (Wildman–Crippen MR) is 69.2 cm³/mol. The van der Waals surface area contributed by atoms with Crippen molar-refractivity contribution in [3.63, 3.8) is 0 Å². The summed E-state index contributed by atoms with van der Waals surface area (Å²) in [6.45, 7) is 2.77. The first kappa shape index (κ1) is 14.7. The smallest absolute Gasteiger partial charge is 0.142 e. The zero-order valence-corrected chi connectivity index (χ0v) is 11.2. The number of hydrogen-bond donors (Lipinski definition) is 2. The maximum atomic E-state index is 13.4. The van der Waals surface area contributed by atoms with Crippen LogP contribution in [0.4, 0.5) is 4.39 Å². The quantitative estimate of drug-likeness (QED) is 0.781. The maximum Gasteiger partial charge on any atom is 0.142 e. The van der Waals surface area contributed by atoms with Crippen LogP contribution in [0, 0.1) is 5.82 Å². The second-order valence-electron chi connectivity index (χ2n) is 3.78. The Labute approximate surface area is 111 Å². The van der Waals surface area contributed by atoms with E-state index in [0.717, 1.165) is 13.0 Å². The standard InChI is InChI=1S/C12H16Cl2FNO/c1-2-6-16-10(5-7-17)11-8(13)3-4-9(15)12(11)14/h3-4,10,16-17H,2,5-7H2,1H3. The van der Waals surface area contributed by atoms with Gasteiger partial charge in [0.05, 0.1) is 5.02 Å². The molecule has 0 saturated heterocycles. The highest BCUT2D eigenvalue weighted by Gasteiger charge is 2.19. The Morgan fingerprint density at radius 2 is 2.12 bits per heavy atom. The van der Waals surface area contributed by atoms with E-state index in [1.165, 1.54) is 12.1 Å². The number of hydrogen-bond acceptors (Lipinski definition) is 2. The third kappa shape index (κ3) is 3.81. The number of aliphatic hydroxyl groups is 1. The van der Waals surface area contributed by atoms with E-state index in [9.17, 15) is 4.39 Å². The van der Waals surface area contributed by atoms with Gasteiger partial charge in [-0.2, -0.15) is 0 Å². The van der Waals surface area contributed by atoms with E-state index in [-0.39, 0.29) is 17.7 Å². The van der Waals surface area contributed by atoms with Gasteiger partial charge in [0.15, 0.2) is 0 Å². The van der Waals surface area contributed by atoms with Gasteiger partial charge in [-0.05, 0) is 31.5 Å².